The Labute approximate surface area is 102 Å². The molecule has 2 rings (SSSR count). The van der Waals surface area contributed by atoms with Gasteiger partial charge >= 0.3 is 0 Å². The van der Waals surface area contributed by atoms with E-state index in [4.69, 9.17) is 4.74 Å². The third kappa shape index (κ3) is 3.07. The van der Waals surface area contributed by atoms with E-state index in [-0.39, 0.29) is 12.0 Å². The van der Waals surface area contributed by atoms with E-state index in [0.29, 0.717) is 6.54 Å². The van der Waals surface area contributed by atoms with Gasteiger partial charge in [-0.15, -0.1) is 0 Å². The van der Waals surface area contributed by atoms with Gasteiger partial charge in [-0.1, -0.05) is 17.7 Å². The minimum absolute atomic E-state index is 0.00157. The van der Waals surface area contributed by atoms with E-state index < -0.39 is 0 Å². The molecule has 1 N–H and O–H groups in total. The average molecular weight is 233 g/mol. The highest BCUT2D eigenvalue weighted by Gasteiger charge is 2.17. The maximum absolute atomic E-state index is 12.0. The van der Waals surface area contributed by atoms with Gasteiger partial charge in [0.1, 0.15) is 0 Å². The number of carbonyl (C=O) groups is 1. The molecular weight excluding hydrogens is 214 g/mol. The molecule has 1 saturated heterocycles. The lowest BCUT2D eigenvalue weighted by Gasteiger charge is -2.12. The number of nitrogens with one attached hydrogen (secondary N) is 1. The molecule has 0 bridgehead atoms. The van der Waals surface area contributed by atoms with E-state index in [0.717, 1.165) is 36.1 Å². The first-order valence-electron chi connectivity index (χ1n) is 6.14. The summed E-state index contributed by atoms with van der Waals surface area (Å²) in [4.78, 5) is 12.0. The Morgan fingerprint density at radius 3 is 3.00 bits per heavy atom. The normalized spacial score (nSPS) is 19.3. The van der Waals surface area contributed by atoms with Crippen molar-refractivity contribution in [2.45, 2.75) is 32.8 Å². The molecule has 0 aromatic heterocycles. The van der Waals surface area contributed by atoms with Gasteiger partial charge in [0, 0.05) is 18.7 Å². The molecule has 0 radical (unpaired) electrons. The molecule has 1 heterocycles. The molecule has 1 aromatic carbocycles. The zero-order chi connectivity index (χ0) is 12.3. The molecule has 92 valence electrons. The molecule has 3 nitrogen and oxygen atoms in total. The van der Waals surface area contributed by atoms with Crippen LogP contribution in [0.2, 0.25) is 0 Å². The maximum Gasteiger partial charge on any atom is 0.251 e. The number of amides is 1. The van der Waals surface area contributed by atoms with Gasteiger partial charge in [0.05, 0.1) is 6.10 Å². The van der Waals surface area contributed by atoms with Gasteiger partial charge in [0.25, 0.3) is 5.91 Å². The molecule has 1 aliphatic rings. The third-order valence-electron chi connectivity index (χ3n) is 3.15. The summed E-state index contributed by atoms with van der Waals surface area (Å²) in [6.45, 7) is 5.40. The second kappa shape index (κ2) is 5.32. The molecule has 1 atom stereocenters. The lowest BCUT2D eigenvalue weighted by Crippen LogP contribution is -2.32. The van der Waals surface area contributed by atoms with E-state index in [1.54, 1.807) is 0 Å². The molecule has 0 spiro atoms. The smallest absolute Gasteiger partial charge is 0.251 e. The van der Waals surface area contributed by atoms with Gasteiger partial charge in [0.2, 0.25) is 0 Å². The van der Waals surface area contributed by atoms with Crippen molar-refractivity contribution in [2.24, 2.45) is 0 Å². The number of benzene rings is 1. The summed E-state index contributed by atoms with van der Waals surface area (Å²) < 4.78 is 5.48. The molecule has 0 aliphatic carbocycles. The van der Waals surface area contributed by atoms with Gasteiger partial charge in [-0.3, -0.25) is 4.79 Å². The van der Waals surface area contributed by atoms with Crippen LogP contribution < -0.4 is 5.32 Å². The first-order chi connectivity index (χ1) is 8.16. The molecule has 3 heteroatoms. The summed E-state index contributed by atoms with van der Waals surface area (Å²) in [5.74, 6) is 0.00157. The van der Waals surface area contributed by atoms with Crippen LogP contribution in [0.4, 0.5) is 0 Å². The lowest BCUT2D eigenvalue weighted by molar-refractivity contribution is 0.0857. The van der Waals surface area contributed by atoms with E-state index in [1.807, 2.05) is 32.0 Å². The van der Waals surface area contributed by atoms with E-state index in [1.165, 1.54) is 0 Å². The van der Waals surface area contributed by atoms with Crippen LogP contribution in [0.3, 0.4) is 0 Å². The molecule has 1 aliphatic heterocycles. The Bertz CT molecular complexity index is 409. The van der Waals surface area contributed by atoms with Gasteiger partial charge in [-0.2, -0.15) is 0 Å². The fourth-order valence-electron chi connectivity index (χ4n) is 2.09. The van der Waals surface area contributed by atoms with Crippen LogP contribution in [0.15, 0.2) is 18.2 Å². The van der Waals surface area contributed by atoms with E-state index >= 15 is 0 Å². The number of hydrogen-bond donors (Lipinski definition) is 1. The van der Waals surface area contributed by atoms with Crippen molar-refractivity contribution in [1.29, 1.82) is 0 Å². The maximum atomic E-state index is 12.0. The molecular formula is C14H19NO2. The van der Waals surface area contributed by atoms with Gasteiger partial charge < -0.3 is 10.1 Å². The van der Waals surface area contributed by atoms with Crippen LogP contribution in [0.25, 0.3) is 0 Å². The Balaban J connectivity index is 1.96. The predicted octanol–water partition coefficient (Wildman–Crippen LogP) is 2.21. The van der Waals surface area contributed by atoms with Crippen LogP contribution in [-0.2, 0) is 4.74 Å². The zero-order valence-electron chi connectivity index (χ0n) is 10.5. The number of rotatable bonds is 3. The van der Waals surface area contributed by atoms with Crippen molar-refractivity contribution < 1.29 is 9.53 Å². The summed E-state index contributed by atoms with van der Waals surface area (Å²) in [5.41, 5.74) is 2.89. The average Bonchev–Trinajstić information content (AvgIpc) is 2.82. The number of carbonyl (C=O) groups excluding carboxylic acids is 1. The van der Waals surface area contributed by atoms with Crippen molar-refractivity contribution in [3.63, 3.8) is 0 Å². The summed E-state index contributed by atoms with van der Waals surface area (Å²) >= 11 is 0. The first-order valence-corrected chi connectivity index (χ1v) is 6.14. The summed E-state index contributed by atoms with van der Waals surface area (Å²) in [6, 6.07) is 5.93. The van der Waals surface area contributed by atoms with Crippen LogP contribution in [0.1, 0.15) is 34.3 Å². The van der Waals surface area contributed by atoms with Gasteiger partial charge in [-0.05, 0) is 38.3 Å². The van der Waals surface area contributed by atoms with Crippen molar-refractivity contribution in [2.75, 3.05) is 13.2 Å². The van der Waals surface area contributed by atoms with Gasteiger partial charge in [0.15, 0.2) is 0 Å². The number of ether oxygens (including phenoxy) is 1. The lowest BCUT2D eigenvalue weighted by atomic mass is 10.1. The van der Waals surface area contributed by atoms with Crippen molar-refractivity contribution in [3.05, 3.63) is 34.9 Å². The minimum atomic E-state index is 0.00157. The summed E-state index contributed by atoms with van der Waals surface area (Å²) in [7, 11) is 0. The topological polar surface area (TPSA) is 38.3 Å². The van der Waals surface area contributed by atoms with Crippen LogP contribution >= 0.6 is 0 Å². The highest BCUT2D eigenvalue weighted by molar-refractivity contribution is 5.95. The SMILES string of the molecule is Cc1ccc(C)c(C(=O)NCC2CCCO2)c1. The quantitative estimate of drug-likeness (QED) is 0.869. The van der Waals surface area contributed by atoms with E-state index in [2.05, 4.69) is 5.32 Å². The number of hydrogen-bond acceptors (Lipinski definition) is 2. The minimum Gasteiger partial charge on any atom is -0.376 e. The molecule has 0 saturated carbocycles. The summed E-state index contributed by atoms with van der Waals surface area (Å²) in [5, 5.41) is 2.94. The molecule has 1 fully saturated rings. The second-order valence-corrected chi connectivity index (χ2v) is 4.66. The molecule has 1 aromatic rings. The van der Waals surface area contributed by atoms with E-state index in [9.17, 15) is 4.79 Å². The Morgan fingerprint density at radius 1 is 1.47 bits per heavy atom. The van der Waals surface area contributed by atoms with Gasteiger partial charge in [-0.25, -0.2) is 0 Å². The van der Waals surface area contributed by atoms with Crippen molar-refractivity contribution in [1.82, 2.24) is 5.32 Å². The highest BCUT2D eigenvalue weighted by atomic mass is 16.5. The first kappa shape index (κ1) is 12.1. The standard InChI is InChI=1S/C14H19NO2/c1-10-5-6-11(2)13(8-10)14(16)15-9-12-4-3-7-17-12/h5-6,8,12H,3-4,7,9H2,1-2H3,(H,15,16). The van der Waals surface area contributed by atoms with Crippen molar-refractivity contribution >= 4 is 5.91 Å². The Kier molecular flexibility index (Phi) is 3.79. The third-order valence-corrected chi connectivity index (χ3v) is 3.15. The van der Waals surface area contributed by atoms with Crippen LogP contribution in [-0.4, -0.2) is 25.2 Å². The zero-order valence-corrected chi connectivity index (χ0v) is 10.5. The molecule has 1 amide bonds. The fraction of sp³-hybridized carbons (Fsp3) is 0.500. The Morgan fingerprint density at radius 2 is 2.29 bits per heavy atom. The molecule has 1 unspecified atom stereocenters. The Hall–Kier alpha value is -1.35. The fourth-order valence-corrected chi connectivity index (χ4v) is 2.09. The highest BCUT2D eigenvalue weighted by Crippen LogP contribution is 2.13. The molecule has 17 heavy (non-hydrogen) atoms. The second-order valence-electron chi connectivity index (χ2n) is 4.66. The predicted molar refractivity (Wildman–Crippen MR) is 67.2 cm³/mol. The monoisotopic (exact) mass is 233 g/mol. The van der Waals surface area contributed by atoms with Crippen LogP contribution in [0, 0.1) is 13.8 Å². The summed E-state index contributed by atoms with van der Waals surface area (Å²) in [6.07, 6.45) is 2.35. The number of aryl methyl sites for hydroxylation is 2. The van der Waals surface area contributed by atoms with Crippen LogP contribution in [0.5, 0.6) is 0 Å². The largest absolute Gasteiger partial charge is 0.376 e. The van der Waals surface area contributed by atoms with Crippen molar-refractivity contribution in [3.8, 4) is 0 Å².